The standard InChI is InChI=1S/C15H20FN/c1-9-5-6-11(16)7-10(9)8-14(17)15-12-3-2-4-13(12)15/h5-7,12-15H,2-4,8,17H2,1H3. The molecule has 2 fully saturated rings. The average molecular weight is 233 g/mol. The van der Waals surface area contributed by atoms with E-state index in [9.17, 15) is 4.39 Å². The van der Waals surface area contributed by atoms with Crippen molar-refractivity contribution in [2.24, 2.45) is 23.5 Å². The van der Waals surface area contributed by atoms with Crippen LogP contribution in [0.1, 0.15) is 30.4 Å². The van der Waals surface area contributed by atoms with Crippen LogP contribution in [0.5, 0.6) is 0 Å². The first-order chi connectivity index (χ1) is 8.16. The molecule has 1 aromatic carbocycles. The fourth-order valence-corrected chi connectivity index (χ4v) is 3.76. The van der Waals surface area contributed by atoms with Crippen molar-refractivity contribution in [2.75, 3.05) is 0 Å². The molecular formula is C15H20FN. The van der Waals surface area contributed by atoms with Crippen molar-refractivity contribution >= 4 is 0 Å². The molecule has 0 aromatic heterocycles. The van der Waals surface area contributed by atoms with Gasteiger partial charge in [-0.05, 0) is 67.2 Å². The van der Waals surface area contributed by atoms with Crippen molar-refractivity contribution < 1.29 is 4.39 Å². The van der Waals surface area contributed by atoms with Gasteiger partial charge in [-0.25, -0.2) is 4.39 Å². The quantitative estimate of drug-likeness (QED) is 0.853. The monoisotopic (exact) mass is 233 g/mol. The molecule has 0 saturated heterocycles. The Morgan fingerprint density at radius 3 is 2.76 bits per heavy atom. The van der Waals surface area contributed by atoms with Crippen molar-refractivity contribution in [1.82, 2.24) is 0 Å². The summed E-state index contributed by atoms with van der Waals surface area (Å²) in [5.41, 5.74) is 8.54. The van der Waals surface area contributed by atoms with Gasteiger partial charge >= 0.3 is 0 Å². The number of hydrogen-bond acceptors (Lipinski definition) is 1. The van der Waals surface area contributed by atoms with Crippen molar-refractivity contribution in [2.45, 2.75) is 38.6 Å². The Balaban J connectivity index is 1.68. The van der Waals surface area contributed by atoms with Crippen LogP contribution in [-0.4, -0.2) is 6.04 Å². The fourth-order valence-electron chi connectivity index (χ4n) is 3.76. The second kappa shape index (κ2) is 4.09. The number of fused-ring (bicyclic) bond motifs is 1. The molecule has 0 radical (unpaired) electrons. The maximum Gasteiger partial charge on any atom is 0.123 e. The van der Waals surface area contributed by atoms with E-state index in [-0.39, 0.29) is 11.9 Å². The van der Waals surface area contributed by atoms with Crippen molar-refractivity contribution in [3.63, 3.8) is 0 Å². The summed E-state index contributed by atoms with van der Waals surface area (Å²) in [6.07, 6.45) is 4.95. The van der Waals surface area contributed by atoms with E-state index in [1.54, 1.807) is 6.07 Å². The minimum Gasteiger partial charge on any atom is -0.327 e. The van der Waals surface area contributed by atoms with Gasteiger partial charge in [-0.2, -0.15) is 0 Å². The molecule has 0 heterocycles. The summed E-state index contributed by atoms with van der Waals surface area (Å²) in [5, 5.41) is 0. The predicted octanol–water partition coefficient (Wildman–Crippen LogP) is 3.05. The first-order valence-corrected chi connectivity index (χ1v) is 6.67. The maximum absolute atomic E-state index is 13.2. The molecule has 2 aliphatic rings. The highest BCUT2D eigenvalue weighted by Crippen LogP contribution is 2.58. The summed E-state index contributed by atoms with van der Waals surface area (Å²) in [4.78, 5) is 0. The van der Waals surface area contributed by atoms with Crippen LogP contribution in [0.3, 0.4) is 0 Å². The van der Waals surface area contributed by atoms with Gasteiger partial charge in [-0.15, -0.1) is 0 Å². The Bertz CT molecular complexity index is 419. The molecule has 0 bridgehead atoms. The van der Waals surface area contributed by atoms with Gasteiger partial charge in [-0.3, -0.25) is 0 Å². The van der Waals surface area contributed by atoms with Gasteiger partial charge in [0.1, 0.15) is 5.82 Å². The van der Waals surface area contributed by atoms with E-state index < -0.39 is 0 Å². The summed E-state index contributed by atoms with van der Waals surface area (Å²) in [6, 6.07) is 5.25. The van der Waals surface area contributed by atoms with E-state index >= 15 is 0 Å². The lowest BCUT2D eigenvalue weighted by atomic mass is 9.95. The summed E-state index contributed by atoms with van der Waals surface area (Å²) >= 11 is 0. The molecule has 0 aliphatic heterocycles. The first-order valence-electron chi connectivity index (χ1n) is 6.67. The lowest BCUT2D eigenvalue weighted by Crippen LogP contribution is -2.27. The molecule has 3 rings (SSSR count). The number of rotatable bonds is 3. The predicted molar refractivity (Wildman–Crippen MR) is 67.1 cm³/mol. The van der Waals surface area contributed by atoms with Gasteiger partial charge in [0.05, 0.1) is 0 Å². The molecular weight excluding hydrogens is 213 g/mol. The number of hydrogen-bond donors (Lipinski definition) is 1. The molecule has 2 aliphatic carbocycles. The molecule has 1 nitrogen and oxygen atoms in total. The second-order valence-corrected chi connectivity index (χ2v) is 5.77. The largest absolute Gasteiger partial charge is 0.327 e. The van der Waals surface area contributed by atoms with Gasteiger partial charge < -0.3 is 5.73 Å². The summed E-state index contributed by atoms with van der Waals surface area (Å²) in [6.45, 7) is 2.04. The molecule has 2 N–H and O–H groups in total. The van der Waals surface area contributed by atoms with Crippen LogP contribution in [-0.2, 0) is 6.42 Å². The highest BCUT2D eigenvalue weighted by molar-refractivity contribution is 5.28. The van der Waals surface area contributed by atoms with Crippen LogP contribution in [0.25, 0.3) is 0 Å². The smallest absolute Gasteiger partial charge is 0.123 e. The minimum atomic E-state index is -0.145. The average Bonchev–Trinajstić information content (AvgIpc) is 2.78. The van der Waals surface area contributed by atoms with Crippen LogP contribution in [0, 0.1) is 30.5 Å². The van der Waals surface area contributed by atoms with Crippen LogP contribution in [0.2, 0.25) is 0 Å². The summed E-state index contributed by atoms with van der Waals surface area (Å²) in [7, 11) is 0. The Labute approximate surface area is 102 Å². The third-order valence-corrected chi connectivity index (χ3v) is 4.73. The van der Waals surface area contributed by atoms with Crippen LogP contribution in [0.4, 0.5) is 4.39 Å². The second-order valence-electron chi connectivity index (χ2n) is 5.77. The number of nitrogens with two attached hydrogens (primary N) is 1. The Morgan fingerprint density at radius 1 is 1.35 bits per heavy atom. The SMILES string of the molecule is Cc1ccc(F)cc1CC(N)C1C2CCCC21. The highest BCUT2D eigenvalue weighted by atomic mass is 19.1. The van der Waals surface area contributed by atoms with Gasteiger partial charge in [0, 0.05) is 6.04 Å². The Kier molecular flexibility index (Phi) is 2.70. The molecule has 17 heavy (non-hydrogen) atoms. The molecule has 0 amide bonds. The minimum absolute atomic E-state index is 0.145. The van der Waals surface area contributed by atoms with Crippen LogP contribution >= 0.6 is 0 Å². The Hall–Kier alpha value is -0.890. The van der Waals surface area contributed by atoms with E-state index in [0.717, 1.165) is 29.4 Å². The van der Waals surface area contributed by atoms with Crippen LogP contribution < -0.4 is 5.73 Å². The molecule has 2 heteroatoms. The lowest BCUT2D eigenvalue weighted by Gasteiger charge is -2.15. The van der Waals surface area contributed by atoms with E-state index in [1.807, 2.05) is 13.0 Å². The lowest BCUT2D eigenvalue weighted by molar-refractivity contribution is 0.482. The maximum atomic E-state index is 13.2. The molecule has 3 atom stereocenters. The highest BCUT2D eigenvalue weighted by Gasteiger charge is 2.54. The molecule has 3 unspecified atom stereocenters. The van der Waals surface area contributed by atoms with Gasteiger partial charge in [0.2, 0.25) is 0 Å². The zero-order valence-electron chi connectivity index (χ0n) is 10.3. The number of benzene rings is 1. The molecule has 92 valence electrons. The third kappa shape index (κ3) is 1.99. The summed E-state index contributed by atoms with van der Waals surface area (Å²) in [5.74, 6) is 2.35. The first kappa shape index (κ1) is 11.2. The van der Waals surface area contributed by atoms with E-state index in [4.69, 9.17) is 5.73 Å². The number of halogens is 1. The number of aryl methyl sites for hydroxylation is 1. The normalized spacial score (nSPS) is 32.3. The molecule has 1 aromatic rings. The Morgan fingerprint density at radius 2 is 2.06 bits per heavy atom. The fraction of sp³-hybridized carbons (Fsp3) is 0.600. The van der Waals surface area contributed by atoms with E-state index in [2.05, 4.69) is 0 Å². The van der Waals surface area contributed by atoms with Gasteiger partial charge in [-0.1, -0.05) is 12.5 Å². The van der Waals surface area contributed by atoms with Crippen molar-refractivity contribution in [3.8, 4) is 0 Å². The van der Waals surface area contributed by atoms with E-state index in [1.165, 1.54) is 25.3 Å². The van der Waals surface area contributed by atoms with Gasteiger partial charge in [0.25, 0.3) is 0 Å². The van der Waals surface area contributed by atoms with E-state index in [0.29, 0.717) is 5.92 Å². The zero-order valence-corrected chi connectivity index (χ0v) is 10.3. The summed E-state index contributed by atoms with van der Waals surface area (Å²) < 4.78 is 13.2. The topological polar surface area (TPSA) is 26.0 Å². The zero-order chi connectivity index (χ0) is 12.0. The van der Waals surface area contributed by atoms with Crippen molar-refractivity contribution in [3.05, 3.63) is 35.1 Å². The third-order valence-electron chi connectivity index (χ3n) is 4.73. The van der Waals surface area contributed by atoms with Crippen LogP contribution in [0.15, 0.2) is 18.2 Å². The molecule has 0 spiro atoms. The van der Waals surface area contributed by atoms with Crippen molar-refractivity contribution in [1.29, 1.82) is 0 Å². The molecule has 2 saturated carbocycles. The van der Waals surface area contributed by atoms with Gasteiger partial charge in [0.15, 0.2) is 0 Å².